The number of nitrogens with one attached hydrogen (secondary N) is 1. The minimum atomic E-state index is 0.818. The van der Waals surface area contributed by atoms with Gasteiger partial charge in [0.15, 0.2) is 0 Å². The maximum absolute atomic E-state index is 5.29. The van der Waals surface area contributed by atoms with Crippen molar-refractivity contribution in [2.24, 2.45) is 0 Å². The number of hydrogen-bond donors (Lipinski definition) is 1. The lowest BCUT2D eigenvalue weighted by atomic mass is 10.0. The first-order chi connectivity index (χ1) is 9.65. The molecule has 0 radical (unpaired) electrons. The Balaban J connectivity index is 2.53. The van der Waals surface area contributed by atoms with E-state index in [4.69, 9.17) is 4.74 Å². The summed E-state index contributed by atoms with van der Waals surface area (Å²) in [6.45, 7) is 0.838. The van der Waals surface area contributed by atoms with E-state index < -0.39 is 0 Å². The Bertz CT molecular complexity index is 582. The predicted molar refractivity (Wildman–Crippen MR) is 83.3 cm³/mol. The van der Waals surface area contributed by atoms with Gasteiger partial charge in [0.05, 0.1) is 12.8 Å². The number of benzene rings is 1. The van der Waals surface area contributed by atoms with Crippen molar-refractivity contribution in [1.29, 1.82) is 0 Å². The maximum atomic E-state index is 5.29. The molecule has 0 saturated heterocycles. The highest BCUT2D eigenvalue weighted by Crippen LogP contribution is 2.31. The van der Waals surface area contributed by atoms with Crippen LogP contribution < -0.4 is 15.0 Å². The number of aromatic nitrogens is 1. The molecule has 0 aliphatic heterocycles. The first-order valence-electron chi connectivity index (χ1n) is 6.61. The predicted octanol–water partition coefficient (Wildman–Crippen LogP) is 2.54. The lowest BCUT2D eigenvalue weighted by molar-refractivity contribution is 0.414. The average Bonchev–Trinajstić information content (AvgIpc) is 2.47. The van der Waals surface area contributed by atoms with E-state index in [0.717, 1.165) is 29.2 Å². The van der Waals surface area contributed by atoms with Crippen molar-refractivity contribution in [2.45, 2.75) is 6.54 Å². The molecule has 106 valence electrons. The largest absolute Gasteiger partial charge is 0.497 e. The fraction of sp³-hybridized carbons (Fsp3) is 0.312. The number of pyridine rings is 1. The number of anilines is 1. The lowest BCUT2D eigenvalue weighted by Gasteiger charge is -2.18. The number of methoxy groups -OCH3 is 1. The first-order valence-corrected chi connectivity index (χ1v) is 6.61. The molecule has 1 heterocycles. The molecule has 0 saturated carbocycles. The number of hydrogen-bond acceptors (Lipinski definition) is 4. The van der Waals surface area contributed by atoms with Gasteiger partial charge in [0, 0.05) is 44.2 Å². The molecule has 0 spiro atoms. The van der Waals surface area contributed by atoms with Crippen LogP contribution in [0.3, 0.4) is 0 Å². The van der Waals surface area contributed by atoms with Gasteiger partial charge in [-0.1, -0.05) is 6.07 Å². The van der Waals surface area contributed by atoms with Crippen molar-refractivity contribution >= 4 is 5.69 Å². The Morgan fingerprint density at radius 2 is 2.00 bits per heavy atom. The van der Waals surface area contributed by atoms with Gasteiger partial charge < -0.3 is 15.0 Å². The summed E-state index contributed by atoms with van der Waals surface area (Å²) >= 11 is 0. The third-order valence-electron chi connectivity index (χ3n) is 3.17. The number of rotatable bonds is 5. The van der Waals surface area contributed by atoms with E-state index in [0.29, 0.717) is 0 Å². The zero-order chi connectivity index (χ0) is 14.5. The first kappa shape index (κ1) is 14.3. The van der Waals surface area contributed by atoms with Crippen LogP contribution in [0.4, 0.5) is 5.69 Å². The summed E-state index contributed by atoms with van der Waals surface area (Å²) in [6.07, 6.45) is 1.78. The highest BCUT2D eigenvalue weighted by molar-refractivity contribution is 5.77. The van der Waals surface area contributed by atoms with E-state index >= 15 is 0 Å². The summed E-state index contributed by atoms with van der Waals surface area (Å²) in [5, 5.41) is 3.18. The zero-order valence-electron chi connectivity index (χ0n) is 12.5. The fourth-order valence-corrected chi connectivity index (χ4v) is 2.18. The molecular formula is C16H21N3O. The highest BCUT2D eigenvalue weighted by Gasteiger charge is 2.10. The highest BCUT2D eigenvalue weighted by atomic mass is 16.5. The quantitative estimate of drug-likeness (QED) is 0.907. The Kier molecular flexibility index (Phi) is 4.58. The second kappa shape index (κ2) is 6.39. The van der Waals surface area contributed by atoms with Crippen molar-refractivity contribution in [2.75, 3.05) is 33.2 Å². The third-order valence-corrected chi connectivity index (χ3v) is 3.17. The van der Waals surface area contributed by atoms with E-state index in [1.165, 1.54) is 5.56 Å². The molecule has 1 aromatic carbocycles. The molecule has 0 fully saturated rings. The fourth-order valence-electron chi connectivity index (χ4n) is 2.18. The van der Waals surface area contributed by atoms with Crippen molar-refractivity contribution in [3.05, 3.63) is 42.1 Å². The zero-order valence-corrected chi connectivity index (χ0v) is 12.5. The molecule has 1 N–H and O–H groups in total. The van der Waals surface area contributed by atoms with Crippen LogP contribution in [0.15, 0.2) is 36.5 Å². The molecule has 0 bridgehead atoms. The van der Waals surface area contributed by atoms with Gasteiger partial charge in [-0.2, -0.15) is 0 Å². The smallest absolute Gasteiger partial charge is 0.122 e. The normalized spacial score (nSPS) is 10.4. The van der Waals surface area contributed by atoms with Gasteiger partial charge in [-0.05, 0) is 30.8 Å². The number of nitrogens with zero attached hydrogens (tertiary/aromatic N) is 2. The SMILES string of the molecule is CNCc1ccc(N(C)C)c(-c2cc(OC)ccn2)c1. The van der Waals surface area contributed by atoms with Crippen molar-refractivity contribution in [3.8, 4) is 17.0 Å². The molecule has 0 aliphatic rings. The summed E-state index contributed by atoms with van der Waals surface area (Å²) in [6, 6.07) is 10.3. The third kappa shape index (κ3) is 3.08. The maximum Gasteiger partial charge on any atom is 0.122 e. The van der Waals surface area contributed by atoms with E-state index in [9.17, 15) is 0 Å². The molecule has 1 aromatic heterocycles. The Morgan fingerprint density at radius 1 is 1.20 bits per heavy atom. The van der Waals surface area contributed by atoms with Gasteiger partial charge in [-0.15, -0.1) is 0 Å². The van der Waals surface area contributed by atoms with E-state index in [2.05, 4.69) is 33.4 Å². The lowest BCUT2D eigenvalue weighted by Crippen LogP contribution is -2.11. The van der Waals surface area contributed by atoms with Crippen molar-refractivity contribution in [1.82, 2.24) is 10.3 Å². The van der Waals surface area contributed by atoms with Crippen LogP contribution in [0.5, 0.6) is 5.75 Å². The van der Waals surface area contributed by atoms with Gasteiger partial charge in [0.25, 0.3) is 0 Å². The molecule has 20 heavy (non-hydrogen) atoms. The van der Waals surface area contributed by atoms with E-state index in [-0.39, 0.29) is 0 Å². The summed E-state index contributed by atoms with van der Waals surface area (Å²) in [7, 11) is 7.69. The molecule has 2 aromatic rings. The van der Waals surface area contributed by atoms with Gasteiger partial charge in [0.2, 0.25) is 0 Å². The van der Waals surface area contributed by atoms with Crippen LogP contribution in [-0.4, -0.2) is 33.2 Å². The molecule has 0 aliphatic carbocycles. The second-order valence-electron chi connectivity index (χ2n) is 4.86. The van der Waals surface area contributed by atoms with Crippen LogP contribution in [0.2, 0.25) is 0 Å². The molecule has 0 unspecified atom stereocenters. The molecule has 0 amide bonds. The summed E-state index contributed by atoms with van der Waals surface area (Å²) in [4.78, 5) is 6.57. The van der Waals surface area contributed by atoms with E-state index in [1.807, 2.05) is 33.3 Å². The second-order valence-corrected chi connectivity index (χ2v) is 4.86. The average molecular weight is 271 g/mol. The molecule has 0 atom stereocenters. The van der Waals surface area contributed by atoms with Crippen LogP contribution in [0, 0.1) is 0 Å². The Labute approximate surface area is 120 Å². The molecule has 4 nitrogen and oxygen atoms in total. The minimum absolute atomic E-state index is 0.818. The van der Waals surface area contributed by atoms with Crippen LogP contribution >= 0.6 is 0 Å². The summed E-state index contributed by atoms with van der Waals surface area (Å²) < 4.78 is 5.29. The Morgan fingerprint density at radius 3 is 2.65 bits per heavy atom. The van der Waals surface area contributed by atoms with Crippen molar-refractivity contribution < 1.29 is 4.74 Å². The molecular weight excluding hydrogens is 250 g/mol. The van der Waals surface area contributed by atoms with Gasteiger partial charge >= 0.3 is 0 Å². The van der Waals surface area contributed by atoms with E-state index in [1.54, 1.807) is 13.3 Å². The van der Waals surface area contributed by atoms with Gasteiger partial charge in [-0.3, -0.25) is 4.98 Å². The standard InChI is InChI=1S/C16H21N3O/c1-17-11-12-5-6-16(19(2)3)14(9-12)15-10-13(20-4)7-8-18-15/h5-10,17H,11H2,1-4H3. The van der Waals surface area contributed by atoms with Gasteiger partial charge in [-0.25, -0.2) is 0 Å². The van der Waals surface area contributed by atoms with Crippen LogP contribution in [-0.2, 0) is 6.54 Å². The van der Waals surface area contributed by atoms with Crippen LogP contribution in [0.1, 0.15) is 5.56 Å². The Hall–Kier alpha value is -2.07. The topological polar surface area (TPSA) is 37.4 Å². The minimum Gasteiger partial charge on any atom is -0.497 e. The summed E-state index contributed by atoms with van der Waals surface area (Å²) in [5.74, 6) is 0.818. The van der Waals surface area contributed by atoms with Crippen LogP contribution in [0.25, 0.3) is 11.3 Å². The summed E-state index contributed by atoms with van der Waals surface area (Å²) in [5.41, 5.74) is 4.41. The number of ether oxygens (including phenoxy) is 1. The van der Waals surface area contributed by atoms with Crippen molar-refractivity contribution in [3.63, 3.8) is 0 Å². The molecule has 2 rings (SSSR count). The van der Waals surface area contributed by atoms with Gasteiger partial charge in [0.1, 0.15) is 5.75 Å². The monoisotopic (exact) mass is 271 g/mol. The molecule has 4 heteroatoms.